The third kappa shape index (κ3) is 3.09. The van der Waals surface area contributed by atoms with Crippen LogP contribution in [0.4, 0.5) is 11.4 Å². The lowest BCUT2D eigenvalue weighted by molar-refractivity contribution is 0.0985. The fourth-order valence-electron chi connectivity index (χ4n) is 3.07. The first-order chi connectivity index (χ1) is 10.9. The van der Waals surface area contributed by atoms with Gasteiger partial charge in [-0.15, -0.1) is 0 Å². The quantitative estimate of drug-likeness (QED) is 0.804. The van der Waals surface area contributed by atoms with Crippen molar-refractivity contribution >= 4 is 17.3 Å². The largest absolute Gasteiger partial charge is 0.399 e. The van der Waals surface area contributed by atoms with Gasteiger partial charge in [0.2, 0.25) is 0 Å². The van der Waals surface area contributed by atoms with Gasteiger partial charge in [-0.1, -0.05) is 39.0 Å². The zero-order valence-corrected chi connectivity index (χ0v) is 14.1. The molecule has 0 radical (unpaired) electrons. The number of nitrogens with two attached hydrogens (primary N) is 1. The summed E-state index contributed by atoms with van der Waals surface area (Å²) < 4.78 is 0. The summed E-state index contributed by atoms with van der Waals surface area (Å²) in [5.74, 6) is 0.0528. The molecule has 0 atom stereocenters. The minimum absolute atomic E-state index is 0.0528. The molecular formula is C20H24N2O. The van der Waals surface area contributed by atoms with Crippen LogP contribution in [0.3, 0.4) is 0 Å². The van der Waals surface area contributed by atoms with Crippen molar-refractivity contribution in [1.29, 1.82) is 0 Å². The van der Waals surface area contributed by atoms with Crippen molar-refractivity contribution in [3.63, 3.8) is 0 Å². The van der Waals surface area contributed by atoms with Crippen molar-refractivity contribution in [2.24, 2.45) is 0 Å². The summed E-state index contributed by atoms with van der Waals surface area (Å²) in [5.41, 5.74) is 10.8. The van der Waals surface area contributed by atoms with Gasteiger partial charge in [0.1, 0.15) is 0 Å². The van der Waals surface area contributed by atoms with E-state index < -0.39 is 0 Å². The van der Waals surface area contributed by atoms with E-state index in [4.69, 9.17) is 5.73 Å². The number of amides is 1. The standard InChI is InChI=1S/C20H24N2O/c1-20(2,3)16-9-6-15(7-10-16)19(23)22-12-4-5-14-8-11-17(21)13-18(14)22/h6-11,13H,4-5,12,21H2,1-3H3. The highest BCUT2D eigenvalue weighted by Gasteiger charge is 2.24. The summed E-state index contributed by atoms with van der Waals surface area (Å²) in [6.45, 7) is 7.27. The highest BCUT2D eigenvalue weighted by atomic mass is 16.2. The predicted octanol–water partition coefficient (Wildman–Crippen LogP) is 4.16. The molecule has 1 aliphatic rings. The van der Waals surface area contributed by atoms with E-state index in [1.165, 1.54) is 11.1 Å². The van der Waals surface area contributed by atoms with Gasteiger partial charge in [-0.05, 0) is 53.6 Å². The maximum Gasteiger partial charge on any atom is 0.258 e. The fraction of sp³-hybridized carbons (Fsp3) is 0.350. The van der Waals surface area contributed by atoms with E-state index >= 15 is 0 Å². The molecule has 1 aliphatic heterocycles. The Hall–Kier alpha value is -2.29. The number of fused-ring (bicyclic) bond motifs is 1. The summed E-state index contributed by atoms with van der Waals surface area (Å²) >= 11 is 0. The molecule has 2 aromatic rings. The second-order valence-corrected chi connectivity index (χ2v) is 7.28. The third-order valence-electron chi connectivity index (χ3n) is 4.47. The van der Waals surface area contributed by atoms with E-state index in [1.54, 1.807) is 0 Å². The molecule has 0 saturated carbocycles. The number of carbonyl (C=O) groups excluding carboxylic acids is 1. The van der Waals surface area contributed by atoms with E-state index in [0.29, 0.717) is 5.69 Å². The van der Waals surface area contributed by atoms with Crippen LogP contribution < -0.4 is 10.6 Å². The van der Waals surface area contributed by atoms with Crippen molar-refractivity contribution < 1.29 is 4.79 Å². The molecule has 3 heteroatoms. The van der Waals surface area contributed by atoms with Gasteiger partial charge >= 0.3 is 0 Å². The SMILES string of the molecule is CC(C)(C)c1ccc(C(=O)N2CCCc3ccc(N)cc32)cc1. The molecule has 23 heavy (non-hydrogen) atoms. The molecule has 2 N–H and O–H groups in total. The summed E-state index contributed by atoms with van der Waals surface area (Å²) in [6, 6.07) is 13.8. The van der Waals surface area contributed by atoms with Crippen LogP contribution in [0, 0.1) is 0 Å². The Morgan fingerprint density at radius 1 is 1.09 bits per heavy atom. The molecule has 1 heterocycles. The van der Waals surface area contributed by atoms with Crippen molar-refractivity contribution in [3.05, 3.63) is 59.2 Å². The molecule has 0 fully saturated rings. The number of benzene rings is 2. The molecule has 0 bridgehead atoms. The number of carbonyl (C=O) groups is 1. The van der Waals surface area contributed by atoms with Gasteiger partial charge in [0.25, 0.3) is 5.91 Å². The average Bonchev–Trinajstić information content (AvgIpc) is 2.53. The first kappa shape index (κ1) is 15.6. The van der Waals surface area contributed by atoms with E-state index in [9.17, 15) is 4.79 Å². The molecule has 0 aliphatic carbocycles. The lowest BCUT2D eigenvalue weighted by Crippen LogP contribution is -2.35. The van der Waals surface area contributed by atoms with Crippen LogP contribution in [-0.2, 0) is 11.8 Å². The molecule has 3 nitrogen and oxygen atoms in total. The fourth-order valence-corrected chi connectivity index (χ4v) is 3.07. The maximum atomic E-state index is 12.9. The molecule has 0 aromatic heterocycles. The van der Waals surface area contributed by atoms with Gasteiger partial charge in [0, 0.05) is 23.5 Å². The Bertz CT molecular complexity index is 726. The molecule has 0 spiro atoms. The normalized spacial score (nSPS) is 14.5. The van der Waals surface area contributed by atoms with Gasteiger partial charge < -0.3 is 10.6 Å². The predicted molar refractivity (Wildman–Crippen MR) is 96.0 cm³/mol. The van der Waals surface area contributed by atoms with E-state index in [0.717, 1.165) is 30.6 Å². The van der Waals surface area contributed by atoms with Gasteiger partial charge in [-0.25, -0.2) is 0 Å². The van der Waals surface area contributed by atoms with Crippen molar-refractivity contribution in [3.8, 4) is 0 Å². The minimum atomic E-state index is 0.0528. The highest BCUT2D eigenvalue weighted by Crippen LogP contribution is 2.30. The van der Waals surface area contributed by atoms with Crippen LogP contribution in [0.25, 0.3) is 0 Å². The molecule has 2 aromatic carbocycles. The Balaban J connectivity index is 1.91. The van der Waals surface area contributed by atoms with Crippen LogP contribution in [-0.4, -0.2) is 12.5 Å². The zero-order valence-electron chi connectivity index (χ0n) is 14.1. The summed E-state index contributed by atoms with van der Waals surface area (Å²) in [5, 5.41) is 0. The lowest BCUT2D eigenvalue weighted by Gasteiger charge is -2.30. The van der Waals surface area contributed by atoms with E-state index in [2.05, 4.69) is 32.9 Å². The van der Waals surface area contributed by atoms with Gasteiger partial charge in [0.15, 0.2) is 0 Å². The molecule has 0 saturated heterocycles. The van der Waals surface area contributed by atoms with Gasteiger partial charge in [-0.3, -0.25) is 4.79 Å². The Morgan fingerprint density at radius 3 is 2.43 bits per heavy atom. The van der Waals surface area contributed by atoms with Gasteiger partial charge in [-0.2, -0.15) is 0 Å². The van der Waals surface area contributed by atoms with Crippen LogP contribution >= 0.6 is 0 Å². The Kier molecular flexibility index (Phi) is 3.88. The number of rotatable bonds is 1. The molecule has 1 amide bonds. The number of hydrogen-bond donors (Lipinski definition) is 1. The monoisotopic (exact) mass is 308 g/mol. The van der Waals surface area contributed by atoms with Crippen molar-refractivity contribution in [1.82, 2.24) is 0 Å². The highest BCUT2D eigenvalue weighted by molar-refractivity contribution is 6.07. The van der Waals surface area contributed by atoms with Crippen LogP contribution in [0.5, 0.6) is 0 Å². The number of hydrogen-bond acceptors (Lipinski definition) is 2. The topological polar surface area (TPSA) is 46.3 Å². The molecule has 3 rings (SSSR count). The smallest absolute Gasteiger partial charge is 0.258 e. The van der Waals surface area contributed by atoms with Crippen LogP contribution in [0.1, 0.15) is 48.7 Å². The summed E-state index contributed by atoms with van der Waals surface area (Å²) in [6.07, 6.45) is 1.99. The van der Waals surface area contributed by atoms with E-state index in [1.807, 2.05) is 35.2 Å². The summed E-state index contributed by atoms with van der Waals surface area (Å²) in [4.78, 5) is 14.8. The lowest BCUT2D eigenvalue weighted by atomic mass is 9.86. The number of anilines is 2. The van der Waals surface area contributed by atoms with E-state index in [-0.39, 0.29) is 11.3 Å². The first-order valence-corrected chi connectivity index (χ1v) is 8.17. The minimum Gasteiger partial charge on any atom is -0.399 e. The number of nitrogens with zero attached hydrogens (tertiary/aromatic N) is 1. The van der Waals surface area contributed by atoms with Crippen LogP contribution in [0.2, 0.25) is 0 Å². The Morgan fingerprint density at radius 2 is 1.78 bits per heavy atom. The summed E-state index contributed by atoms with van der Waals surface area (Å²) in [7, 11) is 0. The number of nitrogen functional groups attached to an aromatic ring is 1. The first-order valence-electron chi connectivity index (χ1n) is 8.17. The molecular weight excluding hydrogens is 284 g/mol. The number of aryl methyl sites for hydroxylation is 1. The second-order valence-electron chi connectivity index (χ2n) is 7.28. The Labute approximate surface area is 138 Å². The maximum absolute atomic E-state index is 12.9. The second kappa shape index (κ2) is 5.73. The van der Waals surface area contributed by atoms with Crippen LogP contribution in [0.15, 0.2) is 42.5 Å². The van der Waals surface area contributed by atoms with Crippen molar-refractivity contribution in [2.75, 3.05) is 17.2 Å². The third-order valence-corrected chi connectivity index (χ3v) is 4.47. The average molecular weight is 308 g/mol. The molecule has 0 unspecified atom stereocenters. The van der Waals surface area contributed by atoms with Crippen molar-refractivity contribution in [2.45, 2.75) is 39.0 Å². The zero-order chi connectivity index (χ0) is 16.6. The van der Waals surface area contributed by atoms with Gasteiger partial charge in [0.05, 0.1) is 0 Å². The molecule has 120 valence electrons.